The Morgan fingerprint density at radius 2 is 2.24 bits per heavy atom. The Kier molecular flexibility index (Phi) is 4.82. The van der Waals surface area contributed by atoms with Crippen LogP contribution in [0, 0.1) is 0 Å². The molecule has 0 atom stereocenters. The van der Waals surface area contributed by atoms with E-state index in [2.05, 4.69) is 25.6 Å². The number of hydrogen-bond donors (Lipinski definition) is 2. The number of amides is 1. The van der Waals surface area contributed by atoms with E-state index in [0.717, 1.165) is 0 Å². The third kappa shape index (κ3) is 3.99. The normalized spacial score (nSPS) is 10.3. The molecule has 110 valence electrons. The van der Waals surface area contributed by atoms with Gasteiger partial charge in [-0.15, -0.1) is 5.10 Å². The van der Waals surface area contributed by atoms with Crippen LogP contribution in [-0.4, -0.2) is 54.7 Å². The average Bonchev–Trinajstić information content (AvgIpc) is 2.96. The van der Waals surface area contributed by atoms with Crippen LogP contribution < -0.4 is 5.32 Å². The number of nitrogens with zero attached hydrogens (tertiary/aromatic N) is 5. The molecule has 0 aromatic carbocycles. The first-order valence-corrected chi connectivity index (χ1v) is 7.11. The topological polar surface area (TPSA) is 123 Å². The molecule has 2 heterocycles. The zero-order valence-electron chi connectivity index (χ0n) is 11.1. The zero-order chi connectivity index (χ0) is 15.2. The van der Waals surface area contributed by atoms with Crippen LogP contribution in [0.4, 0.5) is 0 Å². The minimum Gasteiger partial charge on any atom is -0.476 e. The van der Waals surface area contributed by atoms with Gasteiger partial charge in [-0.25, -0.2) is 19.4 Å². The Morgan fingerprint density at radius 1 is 1.43 bits per heavy atom. The number of rotatable bonds is 6. The standard InChI is InChI=1S/C11H12N6O3S/c1-21-11-13-3-2-7(14-11)9(18)12-4-5-17-6-8(10(19)20)15-16-17/h2-3,6H,4-5H2,1H3,(H,12,18)(H,19,20). The van der Waals surface area contributed by atoms with Crippen molar-refractivity contribution >= 4 is 23.6 Å². The molecule has 0 spiro atoms. The van der Waals surface area contributed by atoms with Crippen LogP contribution in [0.2, 0.25) is 0 Å². The summed E-state index contributed by atoms with van der Waals surface area (Å²) in [6.45, 7) is 0.590. The maximum atomic E-state index is 11.9. The first-order chi connectivity index (χ1) is 10.1. The van der Waals surface area contributed by atoms with E-state index in [1.807, 2.05) is 6.26 Å². The average molecular weight is 308 g/mol. The van der Waals surface area contributed by atoms with E-state index < -0.39 is 5.97 Å². The molecule has 0 bridgehead atoms. The van der Waals surface area contributed by atoms with Crippen molar-refractivity contribution in [3.05, 3.63) is 29.8 Å². The molecular weight excluding hydrogens is 296 g/mol. The Balaban J connectivity index is 1.87. The Morgan fingerprint density at radius 3 is 2.90 bits per heavy atom. The van der Waals surface area contributed by atoms with Gasteiger partial charge in [0.1, 0.15) is 5.69 Å². The van der Waals surface area contributed by atoms with Crippen molar-refractivity contribution in [1.82, 2.24) is 30.3 Å². The van der Waals surface area contributed by atoms with Gasteiger partial charge in [0, 0.05) is 12.7 Å². The lowest BCUT2D eigenvalue weighted by molar-refractivity contribution is 0.0690. The summed E-state index contributed by atoms with van der Waals surface area (Å²) >= 11 is 1.35. The molecule has 0 aliphatic carbocycles. The van der Waals surface area contributed by atoms with Gasteiger partial charge in [-0.05, 0) is 12.3 Å². The van der Waals surface area contributed by atoms with Crippen LogP contribution >= 0.6 is 11.8 Å². The van der Waals surface area contributed by atoms with Crippen LogP contribution in [0.3, 0.4) is 0 Å². The summed E-state index contributed by atoms with van der Waals surface area (Å²) in [4.78, 5) is 30.6. The number of hydrogen-bond acceptors (Lipinski definition) is 7. The van der Waals surface area contributed by atoms with Gasteiger partial charge >= 0.3 is 5.97 Å². The molecule has 0 aliphatic heterocycles. The first kappa shape index (κ1) is 14.9. The lowest BCUT2D eigenvalue weighted by Crippen LogP contribution is -2.28. The summed E-state index contributed by atoms with van der Waals surface area (Å²) in [6, 6.07) is 1.52. The van der Waals surface area contributed by atoms with Gasteiger partial charge < -0.3 is 10.4 Å². The lowest BCUT2D eigenvalue weighted by atomic mass is 10.4. The molecule has 0 aliphatic rings. The fraction of sp³-hybridized carbons (Fsp3) is 0.273. The highest BCUT2D eigenvalue weighted by atomic mass is 32.2. The van der Waals surface area contributed by atoms with Crippen LogP contribution in [0.5, 0.6) is 0 Å². The molecule has 0 saturated carbocycles. The minimum absolute atomic E-state index is 0.137. The van der Waals surface area contributed by atoms with Crippen molar-refractivity contribution in [2.24, 2.45) is 0 Å². The summed E-state index contributed by atoms with van der Waals surface area (Å²) in [7, 11) is 0. The predicted octanol–water partition coefficient (Wildman–Crippen LogP) is -0.0818. The second kappa shape index (κ2) is 6.79. The fourth-order valence-corrected chi connectivity index (χ4v) is 1.80. The van der Waals surface area contributed by atoms with Gasteiger partial charge in [0.2, 0.25) is 0 Å². The molecule has 0 saturated heterocycles. The summed E-state index contributed by atoms with van der Waals surface area (Å²) in [5.41, 5.74) is 0.140. The predicted molar refractivity (Wildman–Crippen MR) is 73.1 cm³/mol. The number of aromatic nitrogens is 5. The molecule has 2 aromatic rings. The highest BCUT2D eigenvalue weighted by Gasteiger charge is 2.10. The van der Waals surface area contributed by atoms with Crippen LogP contribution in [0.15, 0.2) is 23.6 Å². The van der Waals surface area contributed by atoms with Gasteiger partial charge in [-0.1, -0.05) is 17.0 Å². The van der Waals surface area contributed by atoms with Gasteiger partial charge in [0.15, 0.2) is 10.9 Å². The van der Waals surface area contributed by atoms with E-state index in [1.54, 1.807) is 0 Å². The van der Waals surface area contributed by atoms with Crippen molar-refractivity contribution in [2.45, 2.75) is 11.7 Å². The fourth-order valence-electron chi connectivity index (χ4n) is 1.45. The molecule has 9 nitrogen and oxygen atoms in total. The monoisotopic (exact) mass is 308 g/mol. The highest BCUT2D eigenvalue weighted by molar-refractivity contribution is 7.98. The summed E-state index contributed by atoms with van der Waals surface area (Å²) in [5.74, 6) is -1.47. The van der Waals surface area contributed by atoms with Gasteiger partial charge in [0.05, 0.1) is 12.7 Å². The second-order valence-corrected chi connectivity index (χ2v) is 4.63. The summed E-state index contributed by atoms with van der Waals surface area (Å²) in [5, 5.41) is 19.0. The van der Waals surface area contributed by atoms with Gasteiger partial charge in [0.25, 0.3) is 5.91 Å². The lowest BCUT2D eigenvalue weighted by Gasteiger charge is -2.04. The number of carbonyl (C=O) groups is 2. The van der Waals surface area contributed by atoms with E-state index in [9.17, 15) is 9.59 Å². The van der Waals surface area contributed by atoms with E-state index in [-0.39, 0.29) is 23.8 Å². The number of carbonyl (C=O) groups excluding carboxylic acids is 1. The van der Waals surface area contributed by atoms with Gasteiger partial charge in [-0.2, -0.15) is 0 Å². The first-order valence-electron chi connectivity index (χ1n) is 5.89. The SMILES string of the molecule is CSc1nccc(C(=O)NCCn2cc(C(=O)O)nn2)n1. The zero-order valence-corrected chi connectivity index (χ0v) is 11.9. The van der Waals surface area contributed by atoms with Crippen LogP contribution in [0.1, 0.15) is 21.0 Å². The molecule has 10 heteroatoms. The number of nitrogens with one attached hydrogen (secondary N) is 1. The molecular formula is C11H12N6O3S. The molecule has 2 aromatic heterocycles. The number of carboxylic acids is 1. The van der Waals surface area contributed by atoms with Crippen LogP contribution in [0.25, 0.3) is 0 Å². The van der Waals surface area contributed by atoms with Crippen molar-refractivity contribution in [1.29, 1.82) is 0 Å². The van der Waals surface area contributed by atoms with Gasteiger partial charge in [-0.3, -0.25) is 4.79 Å². The van der Waals surface area contributed by atoms with E-state index in [1.165, 1.54) is 34.9 Å². The minimum atomic E-state index is -1.14. The molecule has 0 unspecified atom stereocenters. The number of aromatic carboxylic acids is 1. The van der Waals surface area contributed by atoms with Crippen molar-refractivity contribution in [3.8, 4) is 0 Å². The van der Waals surface area contributed by atoms with E-state index in [4.69, 9.17) is 5.11 Å². The molecule has 0 fully saturated rings. The maximum absolute atomic E-state index is 11.9. The van der Waals surface area contributed by atoms with E-state index in [0.29, 0.717) is 11.7 Å². The van der Waals surface area contributed by atoms with Crippen molar-refractivity contribution in [2.75, 3.05) is 12.8 Å². The third-order valence-electron chi connectivity index (χ3n) is 2.43. The van der Waals surface area contributed by atoms with Crippen molar-refractivity contribution < 1.29 is 14.7 Å². The van der Waals surface area contributed by atoms with Crippen LogP contribution in [-0.2, 0) is 6.54 Å². The molecule has 2 rings (SSSR count). The summed E-state index contributed by atoms with van der Waals surface area (Å²) < 4.78 is 1.34. The molecule has 1 amide bonds. The van der Waals surface area contributed by atoms with E-state index >= 15 is 0 Å². The molecule has 2 N–H and O–H groups in total. The third-order valence-corrected chi connectivity index (χ3v) is 2.99. The summed E-state index contributed by atoms with van der Waals surface area (Å²) in [6.07, 6.45) is 4.64. The van der Waals surface area contributed by atoms with Crippen molar-refractivity contribution in [3.63, 3.8) is 0 Å². The number of thioether (sulfide) groups is 1. The second-order valence-electron chi connectivity index (χ2n) is 3.86. The Hall–Kier alpha value is -2.49. The number of carboxylic acid groups (broad SMARTS) is 1. The Labute approximate surface area is 123 Å². The Bertz CT molecular complexity index is 659. The highest BCUT2D eigenvalue weighted by Crippen LogP contribution is 2.07. The smallest absolute Gasteiger partial charge is 0.358 e. The molecule has 21 heavy (non-hydrogen) atoms. The largest absolute Gasteiger partial charge is 0.476 e. The quantitative estimate of drug-likeness (QED) is 0.561. The molecule has 0 radical (unpaired) electrons. The maximum Gasteiger partial charge on any atom is 0.358 e.